The molecule has 0 aliphatic heterocycles. The first-order valence-electron chi connectivity index (χ1n) is 8.96. The van der Waals surface area contributed by atoms with Crippen molar-refractivity contribution in [3.63, 3.8) is 0 Å². The zero-order valence-electron chi connectivity index (χ0n) is 14.8. The Morgan fingerprint density at radius 3 is 2.44 bits per heavy atom. The number of carboxylic acids is 1. The molecule has 1 saturated carbocycles. The zero-order valence-corrected chi connectivity index (χ0v) is 14.8. The van der Waals surface area contributed by atoms with Gasteiger partial charge in [0.25, 0.3) is 5.91 Å². The van der Waals surface area contributed by atoms with Gasteiger partial charge in [0.05, 0.1) is 0 Å². The third-order valence-electron chi connectivity index (χ3n) is 4.84. The number of carboxylic acid groups (broad SMARTS) is 1. The number of benzene rings is 2. The van der Waals surface area contributed by atoms with Crippen LogP contribution in [-0.4, -0.2) is 24.4 Å². The van der Waals surface area contributed by atoms with Crippen LogP contribution >= 0.6 is 0 Å². The summed E-state index contributed by atoms with van der Waals surface area (Å²) in [5.41, 5.74) is 4.58. The smallest absolute Gasteiger partial charge is 0.276 e. The molecule has 2 amide bonds. The highest BCUT2D eigenvalue weighted by atomic mass is 16.5. The van der Waals surface area contributed by atoms with Crippen molar-refractivity contribution in [2.24, 2.45) is 11.8 Å². The van der Waals surface area contributed by atoms with Crippen LogP contribution in [-0.2, 0) is 14.4 Å². The van der Waals surface area contributed by atoms with Crippen LogP contribution in [0.2, 0.25) is 0 Å². The maximum absolute atomic E-state index is 12.2. The van der Waals surface area contributed by atoms with E-state index in [1.165, 1.54) is 0 Å². The van der Waals surface area contributed by atoms with Crippen molar-refractivity contribution >= 4 is 28.6 Å². The Balaban J connectivity index is 1.52. The summed E-state index contributed by atoms with van der Waals surface area (Å²) in [5.74, 6) is -3.20. The standard InChI is InChI=1S/C20H22N2O5/c23-18(12-27-17-11-5-7-13-6-1-2-8-14(13)17)21-22-19(24)15-9-3-4-10-16(15)20(25)26/h1-2,5-8,11,15-16H,3-4,9-10,12H2,(H,21,23)(H,22,24)(H,25,26)/p-1/t15-,16+/m1/s1. The number of nitrogens with one attached hydrogen (secondary N) is 2. The first kappa shape index (κ1) is 18.7. The Bertz CT molecular complexity index is 846. The van der Waals surface area contributed by atoms with E-state index in [2.05, 4.69) is 10.9 Å². The van der Waals surface area contributed by atoms with E-state index in [1.807, 2.05) is 36.4 Å². The molecule has 2 atom stereocenters. The number of amides is 2. The van der Waals surface area contributed by atoms with Crippen LogP contribution in [0.4, 0.5) is 0 Å². The number of rotatable bonds is 5. The molecule has 1 fully saturated rings. The second-order valence-electron chi connectivity index (χ2n) is 6.62. The fourth-order valence-corrected chi connectivity index (χ4v) is 3.45. The Kier molecular flexibility index (Phi) is 5.90. The quantitative estimate of drug-likeness (QED) is 0.762. The fraction of sp³-hybridized carbons (Fsp3) is 0.350. The molecule has 2 aromatic carbocycles. The van der Waals surface area contributed by atoms with Crippen LogP contribution in [0.25, 0.3) is 10.8 Å². The van der Waals surface area contributed by atoms with Gasteiger partial charge in [0.15, 0.2) is 6.61 Å². The van der Waals surface area contributed by atoms with Crippen LogP contribution in [0.1, 0.15) is 25.7 Å². The maximum Gasteiger partial charge on any atom is 0.276 e. The molecule has 2 aromatic rings. The van der Waals surface area contributed by atoms with E-state index in [0.717, 1.165) is 23.6 Å². The first-order chi connectivity index (χ1) is 13.1. The number of hydrogen-bond donors (Lipinski definition) is 2. The lowest BCUT2D eigenvalue weighted by Crippen LogP contribution is -2.50. The number of fused-ring (bicyclic) bond motifs is 1. The Labute approximate surface area is 156 Å². The number of carbonyl (C=O) groups is 3. The molecule has 0 saturated heterocycles. The van der Waals surface area contributed by atoms with E-state index in [9.17, 15) is 19.5 Å². The van der Waals surface area contributed by atoms with Crippen LogP contribution in [0, 0.1) is 11.8 Å². The highest BCUT2D eigenvalue weighted by Gasteiger charge is 2.31. The minimum absolute atomic E-state index is 0.275. The summed E-state index contributed by atoms with van der Waals surface area (Å²) in [6, 6.07) is 13.2. The lowest BCUT2D eigenvalue weighted by molar-refractivity contribution is -0.314. The van der Waals surface area contributed by atoms with Gasteiger partial charge in [-0.25, -0.2) is 0 Å². The Morgan fingerprint density at radius 1 is 0.963 bits per heavy atom. The number of ether oxygens (including phenoxy) is 1. The molecule has 0 spiro atoms. The molecule has 2 N–H and O–H groups in total. The summed E-state index contributed by atoms with van der Waals surface area (Å²) < 4.78 is 5.55. The molecule has 0 heterocycles. The van der Waals surface area contributed by atoms with Crippen LogP contribution < -0.4 is 20.7 Å². The second-order valence-corrected chi connectivity index (χ2v) is 6.62. The normalized spacial score (nSPS) is 19.3. The first-order valence-corrected chi connectivity index (χ1v) is 8.96. The summed E-state index contributed by atoms with van der Waals surface area (Å²) in [6.07, 6.45) is 2.42. The molecule has 0 bridgehead atoms. The maximum atomic E-state index is 12.2. The third kappa shape index (κ3) is 4.55. The lowest BCUT2D eigenvalue weighted by atomic mass is 9.79. The molecule has 27 heavy (non-hydrogen) atoms. The van der Waals surface area contributed by atoms with Crippen molar-refractivity contribution < 1.29 is 24.2 Å². The second kappa shape index (κ2) is 8.53. The van der Waals surface area contributed by atoms with Crippen LogP contribution in [0.15, 0.2) is 42.5 Å². The van der Waals surface area contributed by atoms with Gasteiger partial charge >= 0.3 is 0 Å². The molecule has 0 aromatic heterocycles. The van der Waals surface area contributed by atoms with E-state index >= 15 is 0 Å². The topological polar surface area (TPSA) is 108 Å². The number of carbonyl (C=O) groups excluding carboxylic acids is 3. The van der Waals surface area contributed by atoms with Gasteiger partial charge in [0.2, 0.25) is 5.91 Å². The highest BCUT2D eigenvalue weighted by molar-refractivity contribution is 5.89. The molecule has 1 aliphatic carbocycles. The minimum atomic E-state index is -1.22. The predicted octanol–water partition coefficient (Wildman–Crippen LogP) is 0.922. The molecule has 0 radical (unpaired) electrons. The largest absolute Gasteiger partial charge is 0.550 e. The minimum Gasteiger partial charge on any atom is -0.550 e. The van der Waals surface area contributed by atoms with E-state index in [4.69, 9.17) is 4.74 Å². The van der Waals surface area contributed by atoms with Crippen molar-refractivity contribution in [3.8, 4) is 5.75 Å². The van der Waals surface area contributed by atoms with Crippen LogP contribution in [0.3, 0.4) is 0 Å². The van der Waals surface area contributed by atoms with Crippen molar-refractivity contribution in [3.05, 3.63) is 42.5 Å². The summed E-state index contributed by atoms with van der Waals surface area (Å²) in [6.45, 7) is -0.275. The van der Waals surface area contributed by atoms with Crippen molar-refractivity contribution in [1.29, 1.82) is 0 Å². The van der Waals surface area contributed by atoms with Crippen LogP contribution in [0.5, 0.6) is 5.75 Å². The summed E-state index contributed by atoms with van der Waals surface area (Å²) >= 11 is 0. The number of hydrazine groups is 1. The van der Waals surface area contributed by atoms with Gasteiger partial charge < -0.3 is 14.6 Å². The molecular formula is C20H21N2O5-. The van der Waals surface area contributed by atoms with Gasteiger partial charge in [0.1, 0.15) is 5.75 Å². The summed E-state index contributed by atoms with van der Waals surface area (Å²) in [7, 11) is 0. The molecule has 1 aliphatic rings. The highest BCUT2D eigenvalue weighted by Crippen LogP contribution is 2.29. The Morgan fingerprint density at radius 2 is 1.67 bits per heavy atom. The lowest BCUT2D eigenvalue weighted by Gasteiger charge is -2.31. The average molecular weight is 369 g/mol. The average Bonchev–Trinajstić information content (AvgIpc) is 2.70. The van der Waals surface area contributed by atoms with Gasteiger partial charge in [-0.05, 0) is 24.3 Å². The third-order valence-corrected chi connectivity index (χ3v) is 4.84. The monoisotopic (exact) mass is 369 g/mol. The molecule has 142 valence electrons. The number of hydrogen-bond acceptors (Lipinski definition) is 5. The van der Waals surface area contributed by atoms with Crippen molar-refractivity contribution in [2.75, 3.05) is 6.61 Å². The fourth-order valence-electron chi connectivity index (χ4n) is 3.45. The molecule has 0 unspecified atom stereocenters. The van der Waals surface area contributed by atoms with E-state index < -0.39 is 29.6 Å². The van der Waals surface area contributed by atoms with E-state index in [-0.39, 0.29) is 6.61 Å². The van der Waals surface area contributed by atoms with Gasteiger partial charge in [-0.1, -0.05) is 49.2 Å². The molecular weight excluding hydrogens is 348 g/mol. The van der Waals surface area contributed by atoms with Gasteiger partial charge in [-0.15, -0.1) is 0 Å². The number of aliphatic carboxylic acids is 1. The SMILES string of the molecule is O=C(COc1cccc2ccccc12)NNC(=O)[C@@H]1CCCC[C@@H]1C(=O)[O-]. The zero-order chi connectivity index (χ0) is 19.2. The summed E-state index contributed by atoms with van der Waals surface area (Å²) in [5, 5.41) is 13.1. The Hall–Kier alpha value is -3.09. The van der Waals surface area contributed by atoms with Gasteiger partial charge in [-0.3, -0.25) is 20.4 Å². The van der Waals surface area contributed by atoms with Gasteiger partial charge in [-0.2, -0.15) is 0 Å². The molecule has 3 rings (SSSR count). The van der Waals surface area contributed by atoms with E-state index in [1.54, 1.807) is 6.07 Å². The molecule has 7 heteroatoms. The summed E-state index contributed by atoms with van der Waals surface area (Å²) in [4.78, 5) is 35.4. The van der Waals surface area contributed by atoms with Gasteiger partial charge in [0, 0.05) is 23.2 Å². The molecule has 7 nitrogen and oxygen atoms in total. The van der Waals surface area contributed by atoms with Crippen molar-refractivity contribution in [1.82, 2.24) is 10.9 Å². The van der Waals surface area contributed by atoms with E-state index in [0.29, 0.717) is 18.6 Å². The van der Waals surface area contributed by atoms with Crippen molar-refractivity contribution in [2.45, 2.75) is 25.7 Å². The predicted molar refractivity (Wildman–Crippen MR) is 96.2 cm³/mol.